The van der Waals surface area contributed by atoms with E-state index in [2.05, 4.69) is 6.58 Å². The van der Waals surface area contributed by atoms with Crippen molar-refractivity contribution in [2.75, 3.05) is 0 Å². The molecule has 0 aromatic heterocycles. The van der Waals surface area contributed by atoms with E-state index in [0.29, 0.717) is 29.2 Å². The van der Waals surface area contributed by atoms with Gasteiger partial charge < -0.3 is 9.47 Å². The summed E-state index contributed by atoms with van der Waals surface area (Å²) in [6.45, 7) is 4.12. The lowest BCUT2D eigenvalue weighted by Crippen LogP contribution is -1.98. The molecule has 1 aliphatic heterocycles. The minimum atomic E-state index is -0.473. The van der Waals surface area contributed by atoms with Crippen LogP contribution in [0.1, 0.15) is 27.0 Å². The van der Waals surface area contributed by atoms with Crippen molar-refractivity contribution in [3.63, 3.8) is 0 Å². The van der Waals surface area contributed by atoms with E-state index in [1.807, 2.05) is 24.3 Å². The van der Waals surface area contributed by atoms with E-state index in [1.165, 1.54) is 12.1 Å². The number of nitrogens with zero attached hydrogens (tertiary/aromatic N) is 1. The van der Waals surface area contributed by atoms with Crippen molar-refractivity contribution in [3.05, 3.63) is 111 Å². The van der Waals surface area contributed by atoms with Crippen LogP contribution in [0.5, 0.6) is 11.5 Å². The fourth-order valence-corrected chi connectivity index (χ4v) is 3.02. The molecule has 0 amide bonds. The number of carbonyl (C=O) groups is 1. The summed E-state index contributed by atoms with van der Waals surface area (Å²) >= 11 is 0. The van der Waals surface area contributed by atoms with Gasteiger partial charge in [-0.1, -0.05) is 36.9 Å². The van der Waals surface area contributed by atoms with E-state index >= 15 is 0 Å². The van der Waals surface area contributed by atoms with Gasteiger partial charge in [0, 0.05) is 18.2 Å². The maximum atomic E-state index is 12.6. The number of benzene rings is 3. The zero-order chi connectivity index (χ0) is 21.1. The van der Waals surface area contributed by atoms with Gasteiger partial charge in [-0.15, -0.1) is 0 Å². The van der Waals surface area contributed by atoms with E-state index in [-0.39, 0.29) is 17.2 Å². The number of carbonyl (C=O) groups excluding carboxylic acids is 1. The Labute approximate surface area is 172 Å². The Morgan fingerprint density at radius 2 is 1.70 bits per heavy atom. The maximum absolute atomic E-state index is 12.6. The number of rotatable bonds is 6. The second kappa shape index (κ2) is 8.05. The number of non-ortho nitro benzene ring substituents is 1. The molecular formula is C24H17NO5. The molecule has 1 aliphatic rings. The molecule has 0 fully saturated rings. The summed E-state index contributed by atoms with van der Waals surface area (Å²) in [5.74, 6) is 0.935. The van der Waals surface area contributed by atoms with Crippen LogP contribution in [0.4, 0.5) is 5.69 Å². The number of allylic oxidation sites excluding steroid dienone is 1. The Kier molecular flexibility index (Phi) is 5.13. The molecule has 4 rings (SSSR count). The SMILES string of the molecule is C=Cc1ccc(COc2ccc3c(c2)O/C(=C/c2ccc([N+](=O)[O-])cc2)C3=O)cc1. The third-order valence-electron chi connectivity index (χ3n) is 4.66. The predicted molar refractivity (Wildman–Crippen MR) is 113 cm³/mol. The number of ketones is 1. The Balaban J connectivity index is 1.47. The van der Waals surface area contributed by atoms with Gasteiger partial charge in [-0.3, -0.25) is 14.9 Å². The van der Waals surface area contributed by atoms with Crippen molar-refractivity contribution in [1.29, 1.82) is 0 Å². The molecule has 1 heterocycles. The lowest BCUT2D eigenvalue weighted by molar-refractivity contribution is -0.384. The van der Waals surface area contributed by atoms with Gasteiger partial charge in [-0.25, -0.2) is 0 Å². The number of nitro groups is 1. The molecule has 0 radical (unpaired) electrons. The number of Topliss-reactive ketones (excluding diaryl/α,β-unsaturated/α-hetero) is 1. The Morgan fingerprint density at radius 3 is 2.37 bits per heavy atom. The zero-order valence-electron chi connectivity index (χ0n) is 15.9. The molecular weight excluding hydrogens is 382 g/mol. The number of hydrogen-bond donors (Lipinski definition) is 0. The Bertz CT molecular complexity index is 1160. The first-order chi connectivity index (χ1) is 14.5. The first-order valence-electron chi connectivity index (χ1n) is 9.20. The highest BCUT2D eigenvalue weighted by atomic mass is 16.6. The predicted octanol–water partition coefficient (Wildman–Crippen LogP) is 5.43. The molecule has 0 saturated heterocycles. The quantitative estimate of drug-likeness (QED) is 0.314. The number of ether oxygens (including phenoxy) is 2. The van der Waals surface area contributed by atoms with Crippen molar-refractivity contribution < 1.29 is 19.2 Å². The van der Waals surface area contributed by atoms with Gasteiger partial charge in [0.05, 0.1) is 10.5 Å². The largest absolute Gasteiger partial charge is 0.489 e. The maximum Gasteiger partial charge on any atom is 0.269 e. The van der Waals surface area contributed by atoms with Gasteiger partial charge in [-0.05, 0) is 47.0 Å². The summed E-state index contributed by atoms with van der Waals surface area (Å²) in [5, 5.41) is 10.8. The van der Waals surface area contributed by atoms with Crippen LogP contribution in [0.3, 0.4) is 0 Å². The summed E-state index contributed by atoms with van der Waals surface area (Å²) in [7, 11) is 0. The molecule has 148 valence electrons. The zero-order valence-corrected chi connectivity index (χ0v) is 15.9. The van der Waals surface area contributed by atoms with Gasteiger partial charge in [-0.2, -0.15) is 0 Å². The third kappa shape index (κ3) is 3.98. The van der Waals surface area contributed by atoms with Crippen LogP contribution in [0.2, 0.25) is 0 Å². The standard InChI is InChI=1S/C24H17NO5/c1-2-16-3-5-18(6-4-16)15-29-20-11-12-21-22(14-20)30-23(24(21)26)13-17-7-9-19(10-8-17)25(27)28/h2-14H,1,15H2/b23-13+. The van der Waals surface area contributed by atoms with E-state index in [1.54, 1.807) is 42.5 Å². The first-order valence-corrected chi connectivity index (χ1v) is 9.20. The highest BCUT2D eigenvalue weighted by Gasteiger charge is 2.27. The van der Waals surface area contributed by atoms with Crippen molar-refractivity contribution in [2.45, 2.75) is 6.61 Å². The number of nitro benzene ring substituents is 1. The van der Waals surface area contributed by atoms with Crippen molar-refractivity contribution in [3.8, 4) is 11.5 Å². The van der Waals surface area contributed by atoms with E-state index in [0.717, 1.165) is 11.1 Å². The minimum Gasteiger partial charge on any atom is -0.489 e. The van der Waals surface area contributed by atoms with E-state index in [4.69, 9.17) is 9.47 Å². The van der Waals surface area contributed by atoms with Crippen LogP contribution >= 0.6 is 0 Å². The average molecular weight is 399 g/mol. The minimum absolute atomic E-state index is 0.0139. The molecule has 0 bridgehead atoms. The van der Waals surface area contributed by atoms with E-state index in [9.17, 15) is 14.9 Å². The van der Waals surface area contributed by atoms with Gasteiger partial charge in [0.1, 0.15) is 18.1 Å². The molecule has 30 heavy (non-hydrogen) atoms. The van der Waals surface area contributed by atoms with Gasteiger partial charge in [0.2, 0.25) is 5.78 Å². The molecule has 0 N–H and O–H groups in total. The first kappa shape index (κ1) is 19.1. The van der Waals surface area contributed by atoms with Crippen LogP contribution in [-0.2, 0) is 6.61 Å². The van der Waals surface area contributed by atoms with Crippen molar-refractivity contribution in [1.82, 2.24) is 0 Å². The van der Waals surface area contributed by atoms with Crippen LogP contribution in [0.15, 0.2) is 79.1 Å². The number of hydrogen-bond acceptors (Lipinski definition) is 5. The molecule has 0 saturated carbocycles. The van der Waals surface area contributed by atoms with Crippen LogP contribution in [0.25, 0.3) is 12.2 Å². The van der Waals surface area contributed by atoms with Gasteiger partial charge >= 0.3 is 0 Å². The molecule has 0 aliphatic carbocycles. The Hall–Kier alpha value is -4.19. The number of fused-ring (bicyclic) bond motifs is 1. The summed E-state index contributed by atoms with van der Waals surface area (Å²) in [6, 6.07) is 18.8. The van der Waals surface area contributed by atoms with Crippen molar-refractivity contribution in [2.24, 2.45) is 0 Å². The topological polar surface area (TPSA) is 78.7 Å². The fraction of sp³-hybridized carbons (Fsp3) is 0.0417. The van der Waals surface area contributed by atoms with Crippen molar-refractivity contribution >= 4 is 23.6 Å². The molecule has 6 nitrogen and oxygen atoms in total. The molecule has 3 aromatic rings. The Morgan fingerprint density at radius 1 is 1.00 bits per heavy atom. The van der Waals surface area contributed by atoms with Gasteiger partial charge in [0.15, 0.2) is 5.76 Å². The smallest absolute Gasteiger partial charge is 0.269 e. The molecule has 6 heteroatoms. The lowest BCUT2D eigenvalue weighted by Gasteiger charge is -2.07. The molecule has 0 atom stereocenters. The van der Waals surface area contributed by atoms with Crippen LogP contribution in [-0.4, -0.2) is 10.7 Å². The second-order valence-corrected chi connectivity index (χ2v) is 6.68. The van der Waals surface area contributed by atoms with E-state index < -0.39 is 4.92 Å². The second-order valence-electron chi connectivity index (χ2n) is 6.68. The highest BCUT2D eigenvalue weighted by molar-refractivity contribution is 6.14. The summed E-state index contributed by atoms with van der Waals surface area (Å²) < 4.78 is 11.5. The molecule has 3 aromatic carbocycles. The highest BCUT2D eigenvalue weighted by Crippen LogP contribution is 2.35. The van der Waals surface area contributed by atoms with Gasteiger partial charge in [0.25, 0.3) is 5.69 Å². The summed E-state index contributed by atoms with van der Waals surface area (Å²) in [6.07, 6.45) is 3.34. The summed E-state index contributed by atoms with van der Waals surface area (Å²) in [4.78, 5) is 22.9. The summed E-state index contributed by atoms with van der Waals surface area (Å²) in [5.41, 5.74) is 3.12. The molecule has 0 spiro atoms. The average Bonchev–Trinajstić information content (AvgIpc) is 3.07. The normalized spacial score (nSPS) is 13.6. The third-order valence-corrected chi connectivity index (χ3v) is 4.66. The van der Waals surface area contributed by atoms with Crippen LogP contribution < -0.4 is 9.47 Å². The van der Waals surface area contributed by atoms with Crippen LogP contribution in [0, 0.1) is 10.1 Å². The lowest BCUT2D eigenvalue weighted by atomic mass is 10.1. The monoisotopic (exact) mass is 399 g/mol. The fourth-order valence-electron chi connectivity index (χ4n) is 3.02. The molecule has 0 unspecified atom stereocenters.